The molecule has 0 radical (unpaired) electrons. The Morgan fingerprint density at radius 3 is 2.32 bits per heavy atom. The van der Waals surface area contributed by atoms with Crippen molar-refractivity contribution in [3.8, 4) is 0 Å². The zero-order valence-electron chi connectivity index (χ0n) is 21.5. The Balaban J connectivity index is 1.88. The molecule has 0 aliphatic heterocycles. The van der Waals surface area contributed by atoms with Crippen molar-refractivity contribution in [3.05, 3.63) is 105 Å². The van der Waals surface area contributed by atoms with Gasteiger partial charge in [-0.25, -0.2) is 0 Å². The van der Waals surface area contributed by atoms with Crippen LogP contribution in [-0.2, 0) is 28.3 Å². The van der Waals surface area contributed by atoms with Crippen LogP contribution in [0.2, 0.25) is 10.0 Å². The highest BCUT2D eigenvalue weighted by molar-refractivity contribution is 7.99. The smallest absolute Gasteiger partial charge is 0.243 e. The minimum absolute atomic E-state index is 0.00315. The van der Waals surface area contributed by atoms with Gasteiger partial charge in [0.05, 0.1) is 15.8 Å². The summed E-state index contributed by atoms with van der Waals surface area (Å²) in [5, 5.41) is 3.96. The van der Waals surface area contributed by atoms with Gasteiger partial charge in [0, 0.05) is 24.8 Å². The van der Waals surface area contributed by atoms with E-state index in [1.165, 1.54) is 11.1 Å². The largest absolute Gasteiger partial charge is 0.352 e. The minimum Gasteiger partial charge on any atom is -0.352 e. The Morgan fingerprint density at radius 2 is 1.65 bits per heavy atom. The molecule has 37 heavy (non-hydrogen) atoms. The molecular formula is C30H34Cl2N2O2S. The fraction of sp³-hybridized carbons (Fsp3) is 0.333. The van der Waals surface area contributed by atoms with Crippen molar-refractivity contribution in [1.82, 2.24) is 10.2 Å². The maximum absolute atomic E-state index is 13.7. The van der Waals surface area contributed by atoms with E-state index >= 15 is 0 Å². The Morgan fingerprint density at radius 1 is 0.919 bits per heavy atom. The summed E-state index contributed by atoms with van der Waals surface area (Å²) in [5.74, 6) is 0.729. The number of benzene rings is 3. The standard InChI is InChI=1S/C30H34Cl2N2O2S/c1-4-22(3)33-30(36)28(17-23-10-6-5-7-11-23)34(18-24-13-14-26(31)27(32)16-24)29(35)20-37-19-25-12-8-9-21(2)15-25/h5-16,22,28H,4,17-20H2,1-3H3,(H,33,36)/t22-,28+/m0/s1. The molecule has 7 heteroatoms. The summed E-state index contributed by atoms with van der Waals surface area (Å²) >= 11 is 14.0. The van der Waals surface area contributed by atoms with E-state index in [-0.39, 0.29) is 30.2 Å². The molecule has 0 spiro atoms. The second-order valence-corrected chi connectivity index (χ2v) is 11.1. The summed E-state index contributed by atoms with van der Waals surface area (Å²) in [6, 6.07) is 22.7. The SMILES string of the molecule is CC[C@H](C)NC(=O)[C@@H](Cc1ccccc1)N(Cc1ccc(Cl)c(Cl)c1)C(=O)CSCc1cccc(C)c1. The van der Waals surface area contributed by atoms with Gasteiger partial charge in [-0.3, -0.25) is 9.59 Å². The Bertz CT molecular complexity index is 1190. The molecule has 3 aromatic rings. The number of carbonyl (C=O) groups excluding carboxylic acids is 2. The van der Waals surface area contributed by atoms with Gasteiger partial charge in [-0.2, -0.15) is 0 Å². The first-order valence-electron chi connectivity index (χ1n) is 12.5. The fourth-order valence-electron chi connectivity index (χ4n) is 3.97. The van der Waals surface area contributed by atoms with Gasteiger partial charge in [0.25, 0.3) is 0 Å². The molecule has 196 valence electrons. The molecule has 4 nitrogen and oxygen atoms in total. The highest BCUT2D eigenvalue weighted by Crippen LogP contribution is 2.25. The molecule has 1 N–H and O–H groups in total. The molecule has 0 aromatic heterocycles. The number of hydrogen-bond acceptors (Lipinski definition) is 3. The van der Waals surface area contributed by atoms with E-state index in [4.69, 9.17) is 23.2 Å². The van der Waals surface area contributed by atoms with Crippen LogP contribution in [0, 0.1) is 6.92 Å². The van der Waals surface area contributed by atoms with Crippen molar-refractivity contribution in [2.24, 2.45) is 0 Å². The van der Waals surface area contributed by atoms with E-state index in [1.807, 2.05) is 56.3 Å². The van der Waals surface area contributed by atoms with E-state index in [1.54, 1.807) is 28.8 Å². The zero-order valence-corrected chi connectivity index (χ0v) is 23.9. The Labute approximate surface area is 234 Å². The number of aryl methyl sites for hydroxylation is 1. The Kier molecular flexibility index (Phi) is 11.4. The second kappa shape index (κ2) is 14.5. The average molecular weight is 558 g/mol. The van der Waals surface area contributed by atoms with Crippen LogP contribution in [0.15, 0.2) is 72.8 Å². The van der Waals surface area contributed by atoms with Gasteiger partial charge in [-0.05, 0) is 49.1 Å². The molecule has 2 amide bonds. The fourth-order valence-corrected chi connectivity index (χ4v) is 5.15. The molecular weight excluding hydrogens is 523 g/mol. The van der Waals surface area contributed by atoms with Crippen LogP contribution >= 0.6 is 35.0 Å². The lowest BCUT2D eigenvalue weighted by Gasteiger charge is -2.32. The summed E-state index contributed by atoms with van der Waals surface area (Å²) in [6.45, 7) is 6.31. The van der Waals surface area contributed by atoms with E-state index in [0.717, 1.165) is 23.3 Å². The summed E-state index contributed by atoms with van der Waals surface area (Å²) in [7, 11) is 0. The molecule has 3 aromatic carbocycles. The van der Waals surface area contributed by atoms with Crippen LogP contribution in [0.25, 0.3) is 0 Å². The molecule has 0 bridgehead atoms. The van der Waals surface area contributed by atoms with Gasteiger partial charge in [0.2, 0.25) is 11.8 Å². The lowest BCUT2D eigenvalue weighted by molar-refractivity contribution is -0.139. The van der Waals surface area contributed by atoms with Gasteiger partial charge in [0.15, 0.2) is 0 Å². The van der Waals surface area contributed by atoms with Crippen LogP contribution < -0.4 is 5.32 Å². The van der Waals surface area contributed by atoms with Gasteiger partial charge in [-0.1, -0.05) is 96.4 Å². The second-order valence-electron chi connectivity index (χ2n) is 9.28. The predicted molar refractivity (Wildman–Crippen MR) is 156 cm³/mol. The molecule has 0 aliphatic carbocycles. The summed E-state index contributed by atoms with van der Waals surface area (Å²) in [5.41, 5.74) is 4.17. The van der Waals surface area contributed by atoms with Crippen LogP contribution in [0.4, 0.5) is 0 Å². The monoisotopic (exact) mass is 556 g/mol. The maximum Gasteiger partial charge on any atom is 0.243 e. The third-order valence-corrected chi connectivity index (χ3v) is 7.91. The van der Waals surface area contributed by atoms with Crippen molar-refractivity contribution in [3.63, 3.8) is 0 Å². The molecule has 0 unspecified atom stereocenters. The third kappa shape index (κ3) is 9.10. The first-order valence-corrected chi connectivity index (χ1v) is 14.4. The minimum atomic E-state index is -0.669. The number of amides is 2. The summed E-state index contributed by atoms with van der Waals surface area (Å²) in [6.07, 6.45) is 1.22. The quantitative estimate of drug-likeness (QED) is 0.259. The maximum atomic E-state index is 13.7. The molecule has 0 fully saturated rings. The summed E-state index contributed by atoms with van der Waals surface area (Å²) < 4.78 is 0. The molecule has 0 saturated carbocycles. The zero-order chi connectivity index (χ0) is 26.8. The predicted octanol–water partition coefficient (Wildman–Crippen LogP) is 7.09. The number of halogens is 2. The van der Waals surface area contributed by atoms with Gasteiger partial charge in [0.1, 0.15) is 6.04 Å². The van der Waals surface area contributed by atoms with Gasteiger partial charge >= 0.3 is 0 Å². The van der Waals surface area contributed by atoms with Crippen LogP contribution in [0.1, 0.15) is 42.5 Å². The van der Waals surface area contributed by atoms with E-state index in [2.05, 4.69) is 30.4 Å². The molecule has 0 saturated heterocycles. The first-order chi connectivity index (χ1) is 17.8. The molecule has 3 rings (SSSR count). The normalized spacial score (nSPS) is 12.6. The third-order valence-electron chi connectivity index (χ3n) is 6.19. The van der Waals surface area contributed by atoms with Crippen molar-refractivity contribution in [2.45, 2.75) is 58.0 Å². The first kappa shape index (κ1) is 29.1. The van der Waals surface area contributed by atoms with Crippen LogP contribution in [0.3, 0.4) is 0 Å². The Hall–Kier alpha value is -2.47. The van der Waals surface area contributed by atoms with Crippen molar-refractivity contribution >= 4 is 46.8 Å². The number of carbonyl (C=O) groups is 2. The lowest BCUT2D eigenvalue weighted by Crippen LogP contribution is -2.52. The number of nitrogens with zero attached hydrogens (tertiary/aromatic N) is 1. The highest BCUT2D eigenvalue weighted by atomic mass is 35.5. The van der Waals surface area contributed by atoms with Crippen LogP contribution in [0.5, 0.6) is 0 Å². The topological polar surface area (TPSA) is 49.4 Å². The van der Waals surface area contributed by atoms with Gasteiger partial charge in [-0.15, -0.1) is 11.8 Å². The van der Waals surface area contributed by atoms with Gasteiger partial charge < -0.3 is 10.2 Å². The number of hydrogen-bond donors (Lipinski definition) is 1. The number of thioether (sulfide) groups is 1. The van der Waals surface area contributed by atoms with Crippen molar-refractivity contribution in [2.75, 3.05) is 5.75 Å². The molecule has 2 atom stereocenters. The average Bonchev–Trinajstić information content (AvgIpc) is 2.88. The lowest BCUT2D eigenvalue weighted by atomic mass is 10.0. The van der Waals surface area contributed by atoms with E-state index in [0.29, 0.717) is 16.5 Å². The van der Waals surface area contributed by atoms with Crippen LogP contribution in [-0.4, -0.2) is 34.6 Å². The molecule has 0 aliphatic rings. The van der Waals surface area contributed by atoms with E-state index in [9.17, 15) is 9.59 Å². The van der Waals surface area contributed by atoms with Crippen molar-refractivity contribution in [1.29, 1.82) is 0 Å². The highest BCUT2D eigenvalue weighted by Gasteiger charge is 2.31. The van der Waals surface area contributed by atoms with Crippen molar-refractivity contribution < 1.29 is 9.59 Å². The van der Waals surface area contributed by atoms with E-state index < -0.39 is 6.04 Å². The summed E-state index contributed by atoms with van der Waals surface area (Å²) in [4.78, 5) is 28.9. The number of rotatable bonds is 12. The number of nitrogens with one attached hydrogen (secondary N) is 1. The molecule has 0 heterocycles.